The number of pyridine rings is 2. The Kier molecular flexibility index (Phi) is 3.11. The highest BCUT2D eigenvalue weighted by atomic mass is 14.8. The lowest BCUT2D eigenvalue weighted by Gasteiger charge is -2.07. The lowest BCUT2D eigenvalue weighted by Crippen LogP contribution is -1.96. The number of rotatable bonds is 3. The van der Waals surface area contributed by atoms with Gasteiger partial charge >= 0.3 is 0 Å². The standard InChI is InChI=1S/C16H15N3/c1-17-13-7-9-18-14(11-13)10-12-6-8-19-16-5-3-2-4-15(12)16/h2-9,11H,10H2,1H3,(H,17,18). The minimum absolute atomic E-state index is 0.818. The molecule has 3 nitrogen and oxygen atoms in total. The summed E-state index contributed by atoms with van der Waals surface area (Å²) in [7, 11) is 1.92. The molecule has 0 unspecified atom stereocenters. The van der Waals surface area contributed by atoms with Crippen LogP contribution in [-0.2, 0) is 6.42 Å². The molecule has 94 valence electrons. The van der Waals surface area contributed by atoms with Gasteiger partial charge in [-0.2, -0.15) is 0 Å². The van der Waals surface area contributed by atoms with E-state index in [1.165, 1.54) is 10.9 Å². The van der Waals surface area contributed by atoms with Crippen LogP contribution in [0, 0.1) is 0 Å². The van der Waals surface area contributed by atoms with Gasteiger partial charge in [-0.25, -0.2) is 0 Å². The Bertz CT molecular complexity index is 702. The Hall–Kier alpha value is -2.42. The van der Waals surface area contributed by atoms with E-state index in [2.05, 4.69) is 33.5 Å². The SMILES string of the molecule is CNc1ccnc(Cc2ccnc3ccccc23)c1. The van der Waals surface area contributed by atoms with Crippen molar-refractivity contribution in [3.05, 3.63) is 66.1 Å². The van der Waals surface area contributed by atoms with Crippen molar-refractivity contribution >= 4 is 16.6 Å². The Balaban J connectivity index is 2.01. The summed E-state index contributed by atoms with van der Waals surface area (Å²) in [4.78, 5) is 8.81. The number of nitrogens with one attached hydrogen (secondary N) is 1. The van der Waals surface area contributed by atoms with Crippen molar-refractivity contribution in [3.63, 3.8) is 0 Å². The molecule has 0 fully saturated rings. The lowest BCUT2D eigenvalue weighted by molar-refractivity contribution is 1.08. The van der Waals surface area contributed by atoms with E-state index < -0.39 is 0 Å². The van der Waals surface area contributed by atoms with Gasteiger partial charge < -0.3 is 5.32 Å². The fourth-order valence-electron chi connectivity index (χ4n) is 2.23. The van der Waals surface area contributed by atoms with Crippen molar-refractivity contribution in [2.45, 2.75) is 6.42 Å². The molecule has 3 rings (SSSR count). The summed E-state index contributed by atoms with van der Waals surface area (Å²) in [5.74, 6) is 0. The third-order valence-electron chi connectivity index (χ3n) is 3.22. The molecule has 3 aromatic rings. The third kappa shape index (κ3) is 2.40. The van der Waals surface area contributed by atoms with Gasteiger partial charge in [0.05, 0.1) is 5.52 Å². The first-order chi connectivity index (χ1) is 9.36. The van der Waals surface area contributed by atoms with Crippen LogP contribution in [0.4, 0.5) is 5.69 Å². The first-order valence-corrected chi connectivity index (χ1v) is 6.32. The van der Waals surface area contributed by atoms with E-state index in [-0.39, 0.29) is 0 Å². The minimum Gasteiger partial charge on any atom is -0.388 e. The first kappa shape index (κ1) is 11.7. The highest BCUT2D eigenvalue weighted by Crippen LogP contribution is 2.19. The number of hydrogen-bond donors (Lipinski definition) is 1. The Labute approximate surface area is 112 Å². The molecule has 0 atom stereocenters. The quantitative estimate of drug-likeness (QED) is 0.774. The maximum atomic E-state index is 4.43. The molecule has 1 aromatic carbocycles. The van der Waals surface area contributed by atoms with Crippen molar-refractivity contribution in [1.82, 2.24) is 9.97 Å². The molecule has 0 aliphatic heterocycles. The van der Waals surface area contributed by atoms with Gasteiger partial charge in [-0.1, -0.05) is 18.2 Å². The van der Waals surface area contributed by atoms with Crippen LogP contribution >= 0.6 is 0 Å². The fraction of sp³-hybridized carbons (Fsp3) is 0.125. The highest BCUT2D eigenvalue weighted by Gasteiger charge is 2.04. The van der Waals surface area contributed by atoms with E-state index in [4.69, 9.17) is 0 Å². The van der Waals surface area contributed by atoms with E-state index in [1.807, 2.05) is 43.7 Å². The zero-order chi connectivity index (χ0) is 13.1. The molecule has 0 aliphatic carbocycles. The van der Waals surface area contributed by atoms with Crippen molar-refractivity contribution in [2.24, 2.45) is 0 Å². The van der Waals surface area contributed by atoms with Crippen LogP contribution in [0.5, 0.6) is 0 Å². The number of hydrogen-bond acceptors (Lipinski definition) is 3. The molecule has 1 N–H and O–H groups in total. The number of aromatic nitrogens is 2. The van der Waals surface area contributed by atoms with Crippen LogP contribution in [0.3, 0.4) is 0 Å². The zero-order valence-corrected chi connectivity index (χ0v) is 10.8. The van der Waals surface area contributed by atoms with Crippen molar-refractivity contribution in [3.8, 4) is 0 Å². The average Bonchev–Trinajstić information content (AvgIpc) is 2.48. The first-order valence-electron chi connectivity index (χ1n) is 6.32. The molecule has 0 amide bonds. The average molecular weight is 249 g/mol. The molecule has 3 heteroatoms. The summed E-state index contributed by atoms with van der Waals surface area (Å²) >= 11 is 0. The summed E-state index contributed by atoms with van der Waals surface area (Å²) in [6, 6.07) is 14.3. The van der Waals surface area contributed by atoms with Crippen LogP contribution in [0.15, 0.2) is 54.9 Å². The van der Waals surface area contributed by atoms with Crippen molar-refractivity contribution < 1.29 is 0 Å². The van der Waals surface area contributed by atoms with E-state index in [0.29, 0.717) is 0 Å². The van der Waals surface area contributed by atoms with Crippen LogP contribution in [-0.4, -0.2) is 17.0 Å². The van der Waals surface area contributed by atoms with Gasteiger partial charge in [0.15, 0.2) is 0 Å². The monoisotopic (exact) mass is 249 g/mol. The Morgan fingerprint density at radius 2 is 1.84 bits per heavy atom. The topological polar surface area (TPSA) is 37.8 Å². The van der Waals surface area contributed by atoms with Crippen LogP contribution < -0.4 is 5.32 Å². The van der Waals surface area contributed by atoms with Crippen LogP contribution in [0.1, 0.15) is 11.3 Å². The predicted molar refractivity (Wildman–Crippen MR) is 78.3 cm³/mol. The predicted octanol–water partition coefficient (Wildman–Crippen LogP) is 3.26. The largest absolute Gasteiger partial charge is 0.388 e. The molecular formula is C16H15N3. The molecule has 0 bridgehead atoms. The van der Waals surface area contributed by atoms with Gasteiger partial charge in [-0.15, -0.1) is 0 Å². The fourth-order valence-corrected chi connectivity index (χ4v) is 2.23. The second-order valence-corrected chi connectivity index (χ2v) is 4.45. The summed E-state index contributed by atoms with van der Waals surface area (Å²) < 4.78 is 0. The van der Waals surface area contributed by atoms with Gasteiger partial charge in [-0.05, 0) is 29.8 Å². The maximum Gasteiger partial charge on any atom is 0.0704 e. The molecular weight excluding hydrogens is 234 g/mol. The van der Waals surface area contributed by atoms with Gasteiger partial charge in [0.25, 0.3) is 0 Å². The second kappa shape index (κ2) is 5.06. The molecule has 2 heterocycles. The lowest BCUT2D eigenvalue weighted by atomic mass is 10.0. The molecule has 0 aliphatic rings. The smallest absolute Gasteiger partial charge is 0.0704 e. The molecule has 2 aromatic heterocycles. The van der Waals surface area contributed by atoms with Gasteiger partial charge in [0, 0.05) is 42.6 Å². The zero-order valence-electron chi connectivity index (χ0n) is 10.8. The van der Waals surface area contributed by atoms with E-state index in [0.717, 1.165) is 23.3 Å². The summed E-state index contributed by atoms with van der Waals surface area (Å²) in [6.07, 6.45) is 4.52. The molecule has 0 saturated carbocycles. The van der Waals surface area contributed by atoms with E-state index >= 15 is 0 Å². The van der Waals surface area contributed by atoms with E-state index in [1.54, 1.807) is 0 Å². The van der Waals surface area contributed by atoms with Gasteiger partial charge in [-0.3, -0.25) is 9.97 Å². The number of nitrogens with zero attached hydrogens (tertiary/aromatic N) is 2. The van der Waals surface area contributed by atoms with Crippen LogP contribution in [0.2, 0.25) is 0 Å². The second-order valence-electron chi connectivity index (χ2n) is 4.45. The minimum atomic E-state index is 0.818. The Morgan fingerprint density at radius 3 is 2.74 bits per heavy atom. The third-order valence-corrected chi connectivity index (χ3v) is 3.22. The summed E-state index contributed by atoms with van der Waals surface area (Å²) in [5, 5.41) is 4.33. The molecule has 0 saturated heterocycles. The van der Waals surface area contributed by atoms with Gasteiger partial charge in [0.2, 0.25) is 0 Å². The molecule has 0 radical (unpaired) electrons. The number of fused-ring (bicyclic) bond motifs is 1. The number of anilines is 1. The maximum absolute atomic E-state index is 4.43. The molecule has 19 heavy (non-hydrogen) atoms. The number of para-hydroxylation sites is 1. The summed E-state index contributed by atoms with van der Waals surface area (Å²) in [5.41, 5.74) is 4.43. The summed E-state index contributed by atoms with van der Waals surface area (Å²) in [6.45, 7) is 0. The number of benzene rings is 1. The highest BCUT2D eigenvalue weighted by molar-refractivity contribution is 5.82. The normalized spacial score (nSPS) is 10.6. The van der Waals surface area contributed by atoms with Crippen molar-refractivity contribution in [1.29, 1.82) is 0 Å². The van der Waals surface area contributed by atoms with Crippen LogP contribution in [0.25, 0.3) is 10.9 Å². The van der Waals surface area contributed by atoms with E-state index in [9.17, 15) is 0 Å². The van der Waals surface area contributed by atoms with Gasteiger partial charge in [0.1, 0.15) is 0 Å². The Morgan fingerprint density at radius 1 is 1.00 bits per heavy atom. The van der Waals surface area contributed by atoms with Crippen molar-refractivity contribution in [2.75, 3.05) is 12.4 Å². The molecule has 0 spiro atoms.